The number of amidine groups is 1. The van der Waals surface area contributed by atoms with E-state index in [0.29, 0.717) is 11.1 Å². The van der Waals surface area contributed by atoms with Gasteiger partial charge in [-0.05, 0) is 44.4 Å². The molecule has 0 saturated heterocycles. The van der Waals surface area contributed by atoms with Gasteiger partial charge in [0, 0.05) is 11.1 Å². The number of rotatable bonds is 2. The van der Waals surface area contributed by atoms with E-state index in [1.54, 1.807) is 30.5 Å². The van der Waals surface area contributed by atoms with Crippen LogP contribution in [0.3, 0.4) is 0 Å². The Hall–Kier alpha value is -2.40. The van der Waals surface area contributed by atoms with Crippen LogP contribution in [-0.2, 0) is 0 Å². The topological polar surface area (TPSA) is 58.5 Å². The summed E-state index contributed by atoms with van der Waals surface area (Å²) < 4.78 is 0. The van der Waals surface area contributed by atoms with Crippen molar-refractivity contribution in [2.24, 2.45) is 4.99 Å². The zero-order chi connectivity index (χ0) is 16.8. The molecule has 0 atom stereocenters. The SMILES string of the molecule is CSC(=NC(=O)c1ccc(C)cc1)NC(=O)c1ccc(C)cc1. The maximum absolute atomic E-state index is 12.2. The smallest absolute Gasteiger partial charge is 0.279 e. The van der Waals surface area contributed by atoms with E-state index in [-0.39, 0.29) is 17.0 Å². The molecule has 2 aromatic carbocycles. The van der Waals surface area contributed by atoms with Crippen molar-refractivity contribution in [2.75, 3.05) is 6.26 Å². The molecule has 4 nitrogen and oxygen atoms in total. The first kappa shape index (κ1) is 17.0. The number of nitrogens with zero attached hydrogens (tertiary/aromatic N) is 1. The molecule has 2 amide bonds. The van der Waals surface area contributed by atoms with E-state index in [2.05, 4.69) is 10.3 Å². The Bertz CT molecular complexity index is 735. The Morgan fingerprint density at radius 3 is 1.83 bits per heavy atom. The predicted molar refractivity (Wildman–Crippen MR) is 95.1 cm³/mol. The van der Waals surface area contributed by atoms with Gasteiger partial charge in [-0.25, -0.2) is 0 Å². The second-order valence-electron chi connectivity index (χ2n) is 5.11. The number of nitrogens with one attached hydrogen (secondary N) is 1. The van der Waals surface area contributed by atoms with Crippen LogP contribution in [0.15, 0.2) is 53.5 Å². The number of aryl methyl sites for hydroxylation is 2. The lowest BCUT2D eigenvalue weighted by Crippen LogP contribution is -2.29. The number of thioether (sulfide) groups is 1. The van der Waals surface area contributed by atoms with Crippen molar-refractivity contribution in [3.63, 3.8) is 0 Å². The fourth-order valence-corrected chi connectivity index (χ4v) is 2.22. The number of hydrogen-bond donors (Lipinski definition) is 1. The molecule has 0 aliphatic rings. The van der Waals surface area contributed by atoms with Crippen molar-refractivity contribution in [3.05, 3.63) is 70.8 Å². The molecule has 2 aromatic rings. The molecule has 0 fully saturated rings. The average Bonchev–Trinajstić information content (AvgIpc) is 2.55. The first-order valence-corrected chi connectivity index (χ1v) is 8.34. The van der Waals surface area contributed by atoms with Gasteiger partial charge in [-0.1, -0.05) is 47.2 Å². The molecule has 5 heteroatoms. The second kappa shape index (κ2) is 7.74. The van der Waals surface area contributed by atoms with Gasteiger partial charge in [0.25, 0.3) is 11.8 Å². The highest BCUT2D eigenvalue weighted by Gasteiger charge is 2.11. The Labute approximate surface area is 140 Å². The first-order valence-electron chi connectivity index (χ1n) is 7.11. The monoisotopic (exact) mass is 326 g/mol. The maximum atomic E-state index is 12.2. The van der Waals surface area contributed by atoms with Gasteiger partial charge in [-0.3, -0.25) is 9.59 Å². The summed E-state index contributed by atoms with van der Waals surface area (Å²) >= 11 is 1.22. The summed E-state index contributed by atoms with van der Waals surface area (Å²) in [5, 5.41) is 2.95. The van der Waals surface area contributed by atoms with Gasteiger partial charge < -0.3 is 5.32 Å². The Morgan fingerprint density at radius 1 is 0.870 bits per heavy atom. The molecule has 0 aliphatic heterocycles. The molecule has 1 N–H and O–H groups in total. The standard InChI is InChI=1S/C18H18N2O2S/c1-12-4-8-14(9-5-12)16(21)19-18(23-3)20-17(22)15-10-6-13(2)7-11-15/h4-11H,1-3H3,(H,19,20,21,22). The third kappa shape index (κ3) is 4.79. The molecule has 0 bridgehead atoms. The molecule has 0 unspecified atom stereocenters. The van der Waals surface area contributed by atoms with Crippen LogP contribution in [0.25, 0.3) is 0 Å². The Balaban J connectivity index is 2.12. The van der Waals surface area contributed by atoms with E-state index in [9.17, 15) is 9.59 Å². The Kier molecular flexibility index (Phi) is 5.71. The minimum Gasteiger partial charge on any atom is -0.301 e. The van der Waals surface area contributed by atoms with Crippen LogP contribution in [0.1, 0.15) is 31.8 Å². The van der Waals surface area contributed by atoms with E-state index < -0.39 is 0 Å². The number of aliphatic imine (C=N–C) groups is 1. The fourth-order valence-electron chi connectivity index (χ4n) is 1.85. The van der Waals surface area contributed by atoms with Crippen molar-refractivity contribution in [2.45, 2.75) is 13.8 Å². The van der Waals surface area contributed by atoms with Crippen LogP contribution in [0.2, 0.25) is 0 Å². The van der Waals surface area contributed by atoms with Crippen LogP contribution >= 0.6 is 11.8 Å². The van der Waals surface area contributed by atoms with Crippen LogP contribution in [0.4, 0.5) is 0 Å². The summed E-state index contributed by atoms with van der Waals surface area (Å²) in [6.07, 6.45) is 1.76. The van der Waals surface area contributed by atoms with Crippen LogP contribution in [0.5, 0.6) is 0 Å². The summed E-state index contributed by atoms with van der Waals surface area (Å²) in [4.78, 5) is 28.3. The molecule has 0 aromatic heterocycles. The number of amides is 2. The molecule has 23 heavy (non-hydrogen) atoms. The molecule has 0 saturated carbocycles. The van der Waals surface area contributed by atoms with Gasteiger partial charge in [0.1, 0.15) is 0 Å². The van der Waals surface area contributed by atoms with Gasteiger partial charge in [0.2, 0.25) is 0 Å². The van der Waals surface area contributed by atoms with Gasteiger partial charge in [0.05, 0.1) is 0 Å². The first-order chi connectivity index (χ1) is 11.0. The van der Waals surface area contributed by atoms with Crippen LogP contribution < -0.4 is 5.32 Å². The summed E-state index contributed by atoms with van der Waals surface area (Å²) in [7, 11) is 0. The molecule has 2 rings (SSSR count). The summed E-state index contributed by atoms with van der Waals surface area (Å²) in [6, 6.07) is 14.4. The zero-order valence-corrected chi connectivity index (χ0v) is 14.1. The molecule has 0 radical (unpaired) electrons. The van der Waals surface area contributed by atoms with Crippen LogP contribution in [0, 0.1) is 13.8 Å². The van der Waals surface area contributed by atoms with Gasteiger partial charge in [-0.15, -0.1) is 0 Å². The van der Waals surface area contributed by atoms with E-state index in [0.717, 1.165) is 11.1 Å². The minimum absolute atomic E-state index is 0.279. The molecule has 0 aliphatic carbocycles. The highest BCUT2D eigenvalue weighted by Crippen LogP contribution is 2.08. The van der Waals surface area contributed by atoms with Gasteiger partial charge >= 0.3 is 0 Å². The van der Waals surface area contributed by atoms with E-state index >= 15 is 0 Å². The lowest BCUT2D eigenvalue weighted by Gasteiger charge is -2.06. The maximum Gasteiger partial charge on any atom is 0.279 e. The van der Waals surface area contributed by atoms with Crippen molar-refractivity contribution in [1.82, 2.24) is 5.32 Å². The van der Waals surface area contributed by atoms with E-state index in [4.69, 9.17) is 0 Å². The summed E-state index contributed by atoms with van der Waals surface area (Å²) in [5.74, 6) is -0.659. The van der Waals surface area contributed by atoms with Crippen LogP contribution in [-0.4, -0.2) is 23.2 Å². The predicted octanol–water partition coefficient (Wildman–Crippen LogP) is 3.59. The average molecular weight is 326 g/mol. The molecule has 0 heterocycles. The van der Waals surface area contributed by atoms with Gasteiger partial charge in [0.15, 0.2) is 5.17 Å². The van der Waals surface area contributed by atoms with E-state index in [1.165, 1.54) is 11.8 Å². The van der Waals surface area contributed by atoms with Crippen molar-refractivity contribution >= 4 is 28.7 Å². The van der Waals surface area contributed by atoms with Crippen molar-refractivity contribution < 1.29 is 9.59 Å². The highest BCUT2D eigenvalue weighted by atomic mass is 32.2. The molecule has 0 spiro atoms. The van der Waals surface area contributed by atoms with Crippen molar-refractivity contribution in [3.8, 4) is 0 Å². The zero-order valence-electron chi connectivity index (χ0n) is 13.3. The molecular weight excluding hydrogens is 308 g/mol. The molecule has 118 valence electrons. The fraction of sp³-hybridized carbons (Fsp3) is 0.167. The normalized spacial score (nSPS) is 11.2. The van der Waals surface area contributed by atoms with Crippen molar-refractivity contribution in [1.29, 1.82) is 0 Å². The van der Waals surface area contributed by atoms with Gasteiger partial charge in [-0.2, -0.15) is 4.99 Å². The number of benzene rings is 2. The lowest BCUT2D eigenvalue weighted by molar-refractivity contribution is 0.0978. The number of carbonyl (C=O) groups excluding carboxylic acids is 2. The quantitative estimate of drug-likeness (QED) is 0.678. The summed E-state index contributed by atoms with van der Waals surface area (Å²) in [5.41, 5.74) is 3.17. The third-order valence-electron chi connectivity index (χ3n) is 3.23. The second-order valence-corrected chi connectivity index (χ2v) is 5.91. The largest absolute Gasteiger partial charge is 0.301 e. The molecular formula is C18H18N2O2S. The Morgan fingerprint density at radius 2 is 1.35 bits per heavy atom. The number of carbonyl (C=O) groups is 2. The minimum atomic E-state index is -0.376. The third-order valence-corrected chi connectivity index (χ3v) is 3.81. The van der Waals surface area contributed by atoms with E-state index in [1.807, 2.05) is 38.1 Å². The highest BCUT2D eigenvalue weighted by molar-refractivity contribution is 8.13. The number of hydrogen-bond acceptors (Lipinski definition) is 3. The lowest BCUT2D eigenvalue weighted by atomic mass is 10.1. The summed E-state index contributed by atoms with van der Waals surface area (Å²) in [6.45, 7) is 3.91.